The van der Waals surface area contributed by atoms with E-state index in [-0.39, 0.29) is 22.2 Å². The SMILES string of the molecule is CC1(CN2CCC34c5cc(O)ccc5CC2C32CCC3C4[C@@H](CN3C(=O)c3ccccc3)C2)COC1. The molecule has 5 nitrogen and oxygen atoms in total. The van der Waals surface area contributed by atoms with E-state index in [1.165, 1.54) is 24.0 Å². The number of carbonyl (C=O) groups excluding carboxylic acids is 1. The van der Waals surface area contributed by atoms with Gasteiger partial charge in [-0.15, -0.1) is 0 Å². The molecule has 2 saturated carbocycles. The van der Waals surface area contributed by atoms with Gasteiger partial charge in [0.15, 0.2) is 0 Å². The van der Waals surface area contributed by atoms with Crippen LogP contribution in [-0.4, -0.2) is 65.7 Å². The number of nitrogens with zero attached hydrogens (tertiary/aromatic N) is 2. The van der Waals surface area contributed by atoms with Crippen molar-refractivity contribution in [2.75, 3.05) is 32.8 Å². The summed E-state index contributed by atoms with van der Waals surface area (Å²) in [6.45, 7) is 7.27. The Bertz CT molecular complexity index is 1240. The molecular weight excluding hydrogens is 448 g/mol. The highest BCUT2D eigenvalue weighted by Crippen LogP contribution is 2.75. The topological polar surface area (TPSA) is 53.0 Å². The molecule has 3 saturated heterocycles. The molecule has 4 bridgehead atoms. The van der Waals surface area contributed by atoms with Crippen molar-refractivity contribution in [2.45, 2.75) is 56.5 Å². The number of phenols is 1. The maximum absolute atomic E-state index is 13.7. The fourth-order valence-corrected chi connectivity index (χ4v) is 10.3. The van der Waals surface area contributed by atoms with E-state index in [4.69, 9.17) is 4.74 Å². The molecule has 2 aromatic rings. The lowest BCUT2D eigenvalue weighted by Gasteiger charge is -2.67. The number of hydrogen-bond acceptors (Lipinski definition) is 4. The van der Waals surface area contributed by atoms with Crippen LogP contribution >= 0.6 is 0 Å². The Morgan fingerprint density at radius 3 is 2.75 bits per heavy atom. The third-order valence-electron chi connectivity index (χ3n) is 11.4. The first-order valence-corrected chi connectivity index (χ1v) is 13.9. The van der Waals surface area contributed by atoms with Gasteiger partial charge in [-0.05, 0) is 91.3 Å². The van der Waals surface area contributed by atoms with Gasteiger partial charge in [0.05, 0.1) is 13.2 Å². The van der Waals surface area contributed by atoms with Gasteiger partial charge < -0.3 is 14.7 Å². The molecule has 6 aliphatic rings. The van der Waals surface area contributed by atoms with Crippen molar-refractivity contribution in [2.24, 2.45) is 22.7 Å². The van der Waals surface area contributed by atoms with Crippen LogP contribution in [0.3, 0.4) is 0 Å². The predicted molar refractivity (Wildman–Crippen MR) is 137 cm³/mol. The fourth-order valence-electron chi connectivity index (χ4n) is 10.3. The van der Waals surface area contributed by atoms with E-state index < -0.39 is 0 Å². The molecular formula is C31H36N2O3. The highest BCUT2D eigenvalue weighted by atomic mass is 16.5. The van der Waals surface area contributed by atoms with Gasteiger partial charge in [0.2, 0.25) is 0 Å². The zero-order valence-corrected chi connectivity index (χ0v) is 21.2. The predicted octanol–water partition coefficient (Wildman–Crippen LogP) is 4.24. The average molecular weight is 485 g/mol. The number of carbonyl (C=O) groups is 1. The maximum Gasteiger partial charge on any atom is 0.254 e. The van der Waals surface area contributed by atoms with E-state index in [0.717, 1.165) is 57.7 Å². The second-order valence-corrected chi connectivity index (χ2v) is 13.1. The van der Waals surface area contributed by atoms with E-state index in [9.17, 15) is 9.90 Å². The van der Waals surface area contributed by atoms with Crippen molar-refractivity contribution >= 4 is 5.91 Å². The summed E-state index contributed by atoms with van der Waals surface area (Å²) in [5.41, 5.74) is 4.26. The van der Waals surface area contributed by atoms with Gasteiger partial charge in [0.25, 0.3) is 5.91 Å². The van der Waals surface area contributed by atoms with Gasteiger partial charge in [0, 0.05) is 41.6 Å². The van der Waals surface area contributed by atoms with Crippen LogP contribution in [0.2, 0.25) is 0 Å². The Balaban J connectivity index is 1.23. The Hall–Kier alpha value is -2.37. The van der Waals surface area contributed by atoms with E-state index in [0.29, 0.717) is 29.7 Å². The number of benzene rings is 2. The van der Waals surface area contributed by atoms with E-state index in [2.05, 4.69) is 28.9 Å². The molecule has 1 N–H and O–H groups in total. The van der Waals surface area contributed by atoms with Crippen molar-refractivity contribution in [3.05, 3.63) is 65.2 Å². The lowest BCUT2D eigenvalue weighted by atomic mass is 9.43. The minimum absolute atomic E-state index is 0.0663. The van der Waals surface area contributed by atoms with Gasteiger partial charge in [-0.1, -0.05) is 31.2 Å². The molecule has 0 radical (unpaired) electrons. The van der Waals surface area contributed by atoms with Crippen LogP contribution in [0.15, 0.2) is 48.5 Å². The number of rotatable bonds is 3. The van der Waals surface area contributed by atoms with Crippen LogP contribution in [0, 0.1) is 22.7 Å². The summed E-state index contributed by atoms with van der Waals surface area (Å²) < 4.78 is 5.64. The third kappa shape index (κ3) is 2.56. The summed E-state index contributed by atoms with van der Waals surface area (Å²) in [5.74, 6) is 1.64. The minimum atomic E-state index is 0.0663. The zero-order valence-electron chi connectivity index (χ0n) is 21.2. The van der Waals surface area contributed by atoms with Crippen LogP contribution in [0.1, 0.15) is 54.1 Å². The summed E-state index contributed by atoms with van der Waals surface area (Å²) in [6, 6.07) is 16.9. The van der Waals surface area contributed by atoms with E-state index in [1.54, 1.807) is 0 Å². The van der Waals surface area contributed by atoms with Crippen molar-refractivity contribution in [1.29, 1.82) is 0 Å². The molecule has 0 spiro atoms. The molecule has 3 aliphatic carbocycles. The molecule has 0 aromatic heterocycles. The highest BCUT2D eigenvalue weighted by Gasteiger charge is 2.76. The molecule has 3 heterocycles. The van der Waals surface area contributed by atoms with Crippen molar-refractivity contribution < 1.29 is 14.6 Å². The first-order chi connectivity index (χ1) is 17.4. The zero-order chi connectivity index (χ0) is 24.3. The molecule has 6 atom stereocenters. The first-order valence-electron chi connectivity index (χ1n) is 13.9. The van der Waals surface area contributed by atoms with Gasteiger partial charge >= 0.3 is 0 Å². The molecule has 188 valence electrons. The molecule has 8 rings (SSSR count). The van der Waals surface area contributed by atoms with Gasteiger partial charge in [-0.25, -0.2) is 0 Å². The summed E-state index contributed by atoms with van der Waals surface area (Å²) in [5, 5.41) is 10.7. The lowest BCUT2D eigenvalue weighted by molar-refractivity contribution is -0.153. The van der Waals surface area contributed by atoms with Crippen LogP contribution in [0.4, 0.5) is 0 Å². The molecule has 5 heteroatoms. The third-order valence-corrected chi connectivity index (χ3v) is 11.4. The number of ether oxygens (including phenoxy) is 1. The average Bonchev–Trinajstić information content (AvgIpc) is 3.31. The number of amides is 1. The normalized spacial score (nSPS) is 39.3. The number of aromatic hydroxyl groups is 1. The first kappa shape index (κ1) is 21.7. The molecule has 5 unspecified atom stereocenters. The van der Waals surface area contributed by atoms with Crippen molar-refractivity contribution in [3.8, 4) is 5.75 Å². The Labute approximate surface area is 213 Å². The quantitative estimate of drug-likeness (QED) is 0.708. The monoisotopic (exact) mass is 484 g/mol. The Morgan fingerprint density at radius 1 is 1.14 bits per heavy atom. The number of hydrogen-bond donors (Lipinski definition) is 1. The number of phenolic OH excluding ortho intramolecular Hbond substituents is 1. The largest absolute Gasteiger partial charge is 0.508 e. The van der Waals surface area contributed by atoms with Gasteiger partial charge in [-0.3, -0.25) is 9.69 Å². The second-order valence-electron chi connectivity index (χ2n) is 13.1. The van der Waals surface area contributed by atoms with Crippen LogP contribution in [0.25, 0.3) is 0 Å². The standard InChI is InChI=1S/C31H36N2O3/c1-29(18-36-19-29)17-32-12-11-31-24-14-23(34)8-7-21(24)13-26(32)30(31)10-9-25-27(31)22(15-30)16-33(25)28(35)20-5-3-2-4-6-20/h2-8,14,22,25-27,34H,9-13,15-19H2,1H3/t22-,25?,26?,27?,30?,31?/m1/s1. The molecule has 36 heavy (non-hydrogen) atoms. The van der Waals surface area contributed by atoms with E-state index >= 15 is 0 Å². The summed E-state index contributed by atoms with van der Waals surface area (Å²) in [7, 11) is 0. The fraction of sp³-hybridized carbons (Fsp3) is 0.581. The van der Waals surface area contributed by atoms with Crippen molar-refractivity contribution in [3.63, 3.8) is 0 Å². The molecule has 3 aliphatic heterocycles. The van der Waals surface area contributed by atoms with Crippen LogP contribution in [0.5, 0.6) is 5.75 Å². The summed E-state index contributed by atoms with van der Waals surface area (Å²) in [6.07, 6.45) is 5.75. The molecule has 5 fully saturated rings. The Kier molecular flexibility index (Phi) is 4.30. The summed E-state index contributed by atoms with van der Waals surface area (Å²) in [4.78, 5) is 18.8. The van der Waals surface area contributed by atoms with Gasteiger partial charge in [-0.2, -0.15) is 0 Å². The van der Waals surface area contributed by atoms with Gasteiger partial charge in [0.1, 0.15) is 5.75 Å². The minimum Gasteiger partial charge on any atom is -0.508 e. The lowest BCUT2D eigenvalue weighted by Crippen LogP contribution is -2.71. The second kappa shape index (κ2) is 7.14. The smallest absolute Gasteiger partial charge is 0.254 e. The van der Waals surface area contributed by atoms with Crippen molar-refractivity contribution in [1.82, 2.24) is 9.80 Å². The molecule has 1 amide bonds. The Morgan fingerprint density at radius 2 is 1.97 bits per heavy atom. The maximum atomic E-state index is 13.7. The number of likely N-dealkylation sites (tertiary alicyclic amines) is 2. The number of fused-ring (bicyclic) bond motifs is 1. The van der Waals surface area contributed by atoms with Crippen LogP contribution < -0.4 is 0 Å². The van der Waals surface area contributed by atoms with Crippen LogP contribution in [-0.2, 0) is 16.6 Å². The molecule has 2 aromatic carbocycles. The summed E-state index contributed by atoms with van der Waals surface area (Å²) >= 11 is 0. The number of piperidine rings is 1. The highest BCUT2D eigenvalue weighted by molar-refractivity contribution is 5.94. The van der Waals surface area contributed by atoms with E-state index in [1.807, 2.05) is 36.4 Å².